The van der Waals surface area contributed by atoms with Crippen LogP contribution in [0.15, 0.2) is 30.0 Å². The first-order valence-electron chi connectivity index (χ1n) is 5.41. The summed E-state index contributed by atoms with van der Waals surface area (Å²) in [6.45, 7) is 0.633. The van der Waals surface area contributed by atoms with E-state index in [4.69, 9.17) is 9.47 Å². The third-order valence-electron chi connectivity index (χ3n) is 2.64. The molecule has 1 aromatic carbocycles. The third kappa shape index (κ3) is 2.46. The highest BCUT2D eigenvalue weighted by Crippen LogP contribution is 2.22. The topological polar surface area (TPSA) is 35.5 Å². The first-order chi connectivity index (χ1) is 8.22. The van der Waals surface area contributed by atoms with E-state index in [0.717, 1.165) is 6.42 Å². The smallest absolute Gasteiger partial charge is 0.192 e. The summed E-state index contributed by atoms with van der Waals surface area (Å²) in [4.78, 5) is 12.0. The molecule has 0 bridgehead atoms. The van der Waals surface area contributed by atoms with Gasteiger partial charge in [0.25, 0.3) is 0 Å². The molecular weight excluding hydrogens is 223 g/mol. The van der Waals surface area contributed by atoms with E-state index in [1.165, 1.54) is 25.5 Å². The minimum atomic E-state index is -0.532. The summed E-state index contributed by atoms with van der Waals surface area (Å²) in [5, 5.41) is 0. The third-order valence-corrected chi connectivity index (χ3v) is 2.64. The van der Waals surface area contributed by atoms with Crippen LogP contribution in [0.4, 0.5) is 4.39 Å². The summed E-state index contributed by atoms with van der Waals surface area (Å²) in [7, 11) is 1.39. The zero-order valence-corrected chi connectivity index (χ0v) is 9.53. The minimum Gasteiger partial charge on any atom is -0.501 e. The molecule has 0 amide bonds. The molecule has 1 aliphatic heterocycles. The van der Waals surface area contributed by atoms with Gasteiger partial charge in [-0.25, -0.2) is 4.39 Å². The summed E-state index contributed by atoms with van der Waals surface area (Å²) in [5.41, 5.74) is 0.904. The number of halogens is 1. The normalized spacial score (nSPS) is 14.8. The van der Waals surface area contributed by atoms with E-state index in [0.29, 0.717) is 24.2 Å². The molecule has 17 heavy (non-hydrogen) atoms. The van der Waals surface area contributed by atoms with Crippen LogP contribution in [0.25, 0.3) is 0 Å². The van der Waals surface area contributed by atoms with Crippen molar-refractivity contribution in [2.45, 2.75) is 12.8 Å². The Labute approximate surface area is 98.8 Å². The number of ketones is 1. The van der Waals surface area contributed by atoms with Crippen LogP contribution < -0.4 is 4.74 Å². The van der Waals surface area contributed by atoms with Crippen LogP contribution in [0.3, 0.4) is 0 Å². The number of methoxy groups -OCH3 is 1. The Morgan fingerprint density at radius 2 is 2.29 bits per heavy atom. The van der Waals surface area contributed by atoms with Crippen molar-refractivity contribution in [2.75, 3.05) is 13.7 Å². The second-order valence-electron chi connectivity index (χ2n) is 3.80. The number of hydrogen-bond donors (Lipinski definition) is 0. The van der Waals surface area contributed by atoms with Crippen LogP contribution in [0.1, 0.15) is 23.2 Å². The molecule has 0 N–H and O–H groups in total. The zero-order valence-electron chi connectivity index (χ0n) is 9.53. The van der Waals surface area contributed by atoms with E-state index >= 15 is 0 Å². The van der Waals surface area contributed by atoms with Crippen LogP contribution in [0.5, 0.6) is 5.75 Å². The molecule has 0 fully saturated rings. The fourth-order valence-corrected chi connectivity index (χ4v) is 1.72. The number of hydrogen-bond acceptors (Lipinski definition) is 3. The van der Waals surface area contributed by atoms with Crippen molar-refractivity contribution < 1.29 is 18.7 Å². The molecule has 1 heterocycles. The van der Waals surface area contributed by atoms with E-state index in [9.17, 15) is 9.18 Å². The van der Waals surface area contributed by atoms with Gasteiger partial charge in [0, 0.05) is 11.1 Å². The quantitative estimate of drug-likeness (QED) is 0.757. The van der Waals surface area contributed by atoms with Crippen molar-refractivity contribution >= 4 is 5.78 Å². The van der Waals surface area contributed by atoms with Crippen LogP contribution in [-0.2, 0) is 4.74 Å². The maximum atomic E-state index is 13.5. The van der Waals surface area contributed by atoms with Gasteiger partial charge < -0.3 is 9.47 Å². The van der Waals surface area contributed by atoms with Crippen LogP contribution in [0.2, 0.25) is 0 Å². The van der Waals surface area contributed by atoms with Gasteiger partial charge in [-0.05, 0) is 31.0 Å². The van der Waals surface area contributed by atoms with Crippen molar-refractivity contribution in [3.8, 4) is 5.75 Å². The van der Waals surface area contributed by atoms with Crippen LogP contribution in [-0.4, -0.2) is 19.5 Å². The molecule has 4 heteroatoms. The Balaban J connectivity index is 2.25. The molecule has 0 spiro atoms. The van der Waals surface area contributed by atoms with E-state index in [-0.39, 0.29) is 11.5 Å². The number of Topliss-reactive ketones (excluding diaryl/α,β-unsaturated/α-hetero) is 1. The molecular formula is C13H13FO3. The first kappa shape index (κ1) is 11.6. The van der Waals surface area contributed by atoms with Gasteiger partial charge >= 0.3 is 0 Å². The van der Waals surface area contributed by atoms with Crippen LogP contribution in [0, 0.1) is 5.82 Å². The largest absolute Gasteiger partial charge is 0.501 e. The summed E-state index contributed by atoms with van der Waals surface area (Å²) in [6, 6.07) is 4.20. The highest BCUT2D eigenvalue weighted by molar-refractivity contribution is 6.08. The molecule has 1 aliphatic rings. The second kappa shape index (κ2) is 4.99. The molecule has 0 aliphatic carbocycles. The fraction of sp³-hybridized carbons (Fsp3) is 0.308. The first-order valence-corrected chi connectivity index (χ1v) is 5.41. The molecule has 2 rings (SSSR count). The van der Waals surface area contributed by atoms with Gasteiger partial charge in [-0.3, -0.25) is 4.79 Å². The number of allylic oxidation sites excluding steroid dienone is 1. The number of carbonyl (C=O) groups excluding carboxylic acids is 1. The van der Waals surface area contributed by atoms with Crippen molar-refractivity contribution in [1.82, 2.24) is 0 Å². The lowest BCUT2D eigenvalue weighted by Gasteiger charge is -2.12. The Morgan fingerprint density at radius 1 is 1.47 bits per heavy atom. The van der Waals surface area contributed by atoms with Gasteiger partial charge in [-0.2, -0.15) is 0 Å². The number of rotatable bonds is 3. The maximum absolute atomic E-state index is 13.5. The predicted molar refractivity (Wildman–Crippen MR) is 60.6 cm³/mol. The molecule has 0 saturated carbocycles. The Kier molecular flexibility index (Phi) is 3.42. The summed E-state index contributed by atoms with van der Waals surface area (Å²) in [6.07, 6.45) is 2.96. The van der Waals surface area contributed by atoms with Gasteiger partial charge in [0.15, 0.2) is 17.3 Å². The van der Waals surface area contributed by atoms with Crippen molar-refractivity contribution in [1.29, 1.82) is 0 Å². The Hall–Kier alpha value is -1.84. The monoisotopic (exact) mass is 236 g/mol. The Bertz CT molecular complexity index is 466. The Morgan fingerprint density at radius 3 is 2.88 bits per heavy atom. The molecule has 0 unspecified atom stereocenters. The average molecular weight is 236 g/mol. The highest BCUT2D eigenvalue weighted by Gasteiger charge is 2.16. The minimum absolute atomic E-state index is 0.135. The molecule has 0 atom stereocenters. The zero-order chi connectivity index (χ0) is 12.3. The van der Waals surface area contributed by atoms with E-state index < -0.39 is 5.82 Å². The maximum Gasteiger partial charge on any atom is 0.192 e. The SMILES string of the molecule is COc1ccc(C(=O)C2=COCCC2)cc1F. The number of carbonyl (C=O) groups is 1. The van der Waals surface area contributed by atoms with Gasteiger partial charge in [0.05, 0.1) is 20.0 Å². The van der Waals surface area contributed by atoms with E-state index in [1.807, 2.05) is 0 Å². The molecule has 0 saturated heterocycles. The van der Waals surface area contributed by atoms with Gasteiger partial charge in [0.2, 0.25) is 0 Å². The van der Waals surface area contributed by atoms with E-state index in [1.54, 1.807) is 6.07 Å². The highest BCUT2D eigenvalue weighted by atomic mass is 19.1. The van der Waals surface area contributed by atoms with Crippen molar-refractivity contribution in [2.24, 2.45) is 0 Å². The fourth-order valence-electron chi connectivity index (χ4n) is 1.72. The van der Waals surface area contributed by atoms with Gasteiger partial charge in [0.1, 0.15) is 0 Å². The number of ether oxygens (including phenoxy) is 2. The molecule has 1 aromatic rings. The average Bonchev–Trinajstić information content (AvgIpc) is 2.39. The molecule has 90 valence electrons. The molecule has 0 aromatic heterocycles. The molecule has 3 nitrogen and oxygen atoms in total. The predicted octanol–water partition coefficient (Wildman–Crippen LogP) is 2.71. The molecule has 0 radical (unpaired) electrons. The summed E-state index contributed by atoms with van der Waals surface area (Å²) >= 11 is 0. The number of benzene rings is 1. The lowest BCUT2D eigenvalue weighted by Crippen LogP contribution is -2.09. The van der Waals surface area contributed by atoms with Crippen molar-refractivity contribution in [3.05, 3.63) is 41.4 Å². The van der Waals surface area contributed by atoms with Gasteiger partial charge in [-0.15, -0.1) is 0 Å². The summed E-state index contributed by atoms with van der Waals surface area (Å²) < 4.78 is 23.3. The lowest BCUT2D eigenvalue weighted by atomic mass is 9.99. The lowest BCUT2D eigenvalue weighted by molar-refractivity contribution is 0.101. The van der Waals surface area contributed by atoms with Gasteiger partial charge in [-0.1, -0.05) is 0 Å². The standard InChI is InChI=1S/C13H13FO3/c1-16-12-5-4-9(7-11(12)14)13(15)10-3-2-6-17-8-10/h4-5,7-8H,2-3,6H2,1H3. The van der Waals surface area contributed by atoms with Crippen molar-refractivity contribution in [3.63, 3.8) is 0 Å². The van der Waals surface area contributed by atoms with Crippen LogP contribution >= 0.6 is 0 Å². The summed E-state index contributed by atoms with van der Waals surface area (Å²) in [5.74, 6) is -0.586. The van der Waals surface area contributed by atoms with E-state index in [2.05, 4.69) is 0 Å². The second-order valence-corrected chi connectivity index (χ2v) is 3.80.